The SMILES string of the molecule is COc1ccc(NC(=O)c2ccc(NC(=O)CN3CCCc4ccccc43)cc2)cc1. The van der Waals surface area contributed by atoms with Crippen molar-refractivity contribution in [1.29, 1.82) is 0 Å². The van der Waals surface area contributed by atoms with Crippen molar-refractivity contribution < 1.29 is 14.3 Å². The quantitative estimate of drug-likeness (QED) is 0.628. The summed E-state index contributed by atoms with van der Waals surface area (Å²) in [6.45, 7) is 1.17. The van der Waals surface area contributed by atoms with Gasteiger partial charge in [0.25, 0.3) is 5.91 Å². The predicted molar refractivity (Wildman–Crippen MR) is 123 cm³/mol. The molecule has 0 unspecified atom stereocenters. The van der Waals surface area contributed by atoms with Crippen molar-refractivity contribution >= 4 is 28.9 Å². The van der Waals surface area contributed by atoms with Gasteiger partial charge >= 0.3 is 0 Å². The number of ether oxygens (including phenoxy) is 1. The number of methoxy groups -OCH3 is 1. The summed E-state index contributed by atoms with van der Waals surface area (Å²) in [7, 11) is 1.60. The van der Waals surface area contributed by atoms with E-state index in [-0.39, 0.29) is 11.8 Å². The van der Waals surface area contributed by atoms with Gasteiger partial charge in [-0.3, -0.25) is 9.59 Å². The number of carbonyl (C=O) groups is 2. The largest absolute Gasteiger partial charge is 0.497 e. The highest BCUT2D eigenvalue weighted by atomic mass is 16.5. The summed E-state index contributed by atoms with van der Waals surface area (Å²) in [6, 6.07) is 22.2. The molecule has 0 fully saturated rings. The van der Waals surface area contributed by atoms with Crippen LogP contribution in [0.5, 0.6) is 5.75 Å². The third kappa shape index (κ3) is 5.04. The fourth-order valence-electron chi connectivity index (χ4n) is 3.73. The second-order valence-corrected chi connectivity index (χ2v) is 7.46. The molecule has 2 N–H and O–H groups in total. The minimum Gasteiger partial charge on any atom is -0.497 e. The minimum atomic E-state index is -0.215. The number of anilines is 3. The number of benzene rings is 3. The van der Waals surface area contributed by atoms with Crippen molar-refractivity contribution in [2.45, 2.75) is 12.8 Å². The lowest BCUT2D eigenvalue weighted by atomic mass is 10.0. The molecule has 31 heavy (non-hydrogen) atoms. The van der Waals surface area contributed by atoms with Gasteiger partial charge in [-0.2, -0.15) is 0 Å². The fourth-order valence-corrected chi connectivity index (χ4v) is 3.73. The number of nitrogens with one attached hydrogen (secondary N) is 2. The van der Waals surface area contributed by atoms with E-state index in [0.717, 1.165) is 30.8 Å². The Labute approximate surface area is 181 Å². The third-order valence-corrected chi connectivity index (χ3v) is 5.32. The molecule has 6 heteroatoms. The lowest BCUT2D eigenvalue weighted by molar-refractivity contribution is -0.115. The molecule has 0 saturated heterocycles. The molecule has 0 aliphatic carbocycles. The molecule has 0 saturated carbocycles. The maximum atomic E-state index is 12.6. The van der Waals surface area contributed by atoms with E-state index in [1.165, 1.54) is 5.56 Å². The summed E-state index contributed by atoms with van der Waals surface area (Å²) in [5.41, 5.74) is 4.28. The van der Waals surface area contributed by atoms with Crippen molar-refractivity contribution in [3.63, 3.8) is 0 Å². The van der Waals surface area contributed by atoms with Gasteiger partial charge in [-0.05, 0) is 73.0 Å². The number of hydrogen-bond acceptors (Lipinski definition) is 4. The Morgan fingerprint density at radius 2 is 1.58 bits per heavy atom. The summed E-state index contributed by atoms with van der Waals surface area (Å²) < 4.78 is 5.12. The number of rotatable bonds is 6. The first kappa shape index (κ1) is 20.5. The second kappa shape index (κ2) is 9.34. The highest BCUT2D eigenvalue weighted by molar-refractivity contribution is 6.04. The van der Waals surface area contributed by atoms with Crippen molar-refractivity contribution in [2.24, 2.45) is 0 Å². The number of aryl methyl sites for hydroxylation is 1. The van der Waals surface area contributed by atoms with E-state index in [2.05, 4.69) is 27.7 Å². The van der Waals surface area contributed by atoms with Crippen LogP contribution in [0.25, 0.3) is 0 Å². The van der Waals surface area contributed by atoms with Crippen LogP contribution in [0.2, 0.25) is 0 Å². The van der Waals surface area contributed by atoms with E-state index < -0.39 is 0 Å². The highest BCUT2D eigenvalue weighted by Gasteiger charge is 2.18. The molecule has 3 aromatic carbocycles. The van der Waals surface area contributed by atoms with E-state index >= 15 is 0 Å². The monoisotopic (exact) mass is 415 g/mol. The van der Waals surface area contributed by atoms with Crippen LogP contribution in [0.1, 0.15) is 22.3 Å². The number of nitrogens with zero attached hydrogens (tertiary/aromatic N) is 1. The average Bonchev–Trinajstić information content (AvgIpc) is 2.80. The first-order valence-corrected chi connectivity index (χ1v) is 10.3. The number of carbonyl (C=O) groups excluding carboxylic acids is 2. The van der Waals surface area contributed by atoms with Gasteiger partial charge in [-0.15, -0.1) is 0 Å². The van der Waals surface area contributed by atoms with Gasteiger partial charge in [-0.25, -0.2) is 0 Å². The van der Waals surface area contributed by atoms with E-state index in [9.17, 15) is 9.59 Å². The van der Waals surface area contributed by atoms with Crippen LogP contribution >= 0.6 is 0 Å². The minimum absolute atomic E-state index is 0.0767. The molecule has 1 aliphatic heterocycles. The van der Waals surface area contributed by atoms with Crippen LogP contribution in [0.3, 0.4) is 0 Å². The normalized spacial score (nSPS) is 12.6. The van der Waals surface area contributed by atoms with Crippen molar-refractivity contribution in [3.8, 4) is 5.75 Å². The van der Waals surface area contributed by atoms with E-state index in [4.69, 9.17) is 4.74 Å². The van der Waals surface area contributed by atoms with E-state index in [1.54, 1.807) is 55.6 Å². The maximum absolute atomic E-state index is 12.6. The van der Waals surface area contributed by atoms with Gasteiger partial charge < -0.3 is 20.3 Å². The first-order chi connectivity index (χ1) is 15.1. The molecular weight excluding hydrogens is 390 g/mol. The summed E-state index contributed by atoms with van der Waals surface area (Å²) >= 11 is 0. The zero-order valence-corrected chi connectivity index (χ0v) is 17.4. The van der Waals surface area contributed by atoms with Gasteiger partial charge in [0.05, 0.1) is 13.7 Å². The smallest absolute Gasteiger partial charge is 0.255 e. The zero-order chi connectivity index (χ0) is 21.6. The van der Waals surface area contributed by atoms with Crippen LogP contribution in [-0.2, 0) is 11.2 Å². The number of fused-ring (bicyclic) bond motifs is 1. The molecule has 0 atom stereocenters. The van der Waals surface area contributed by atoms with E-state index in [0.29, 0.717) is 23.5 Å². The fraction of sp³-hybridized carbons (Fsp3) is 0.200. The first-order valence-electron chi connectivity index (χ1n) is 10.3. The molecule has 1 aliphatic rings. The molecule has 1 heterocycles. The molecule has 2 amide bonds. The molecule has 0 bridgehead atoms. The number of amides is 2. The van der Waals surface area contributed by atoms with Crippen LogP contribution in [-0.4, -0.2) is 32.0 Å². The lowest BCUT2D eigenvalue weighted by Crippen LogP contribution is -2.36. The topological polar surface area (TPSA) is 70.7 Å². The Balaban J connectivity index is 1.34. The predicted octanol–water partition coefficient (Wildman–Crippen LogP) is 4.34. The molecule has 4 rings (SSSR count). The Morgan fingerprint density at radius 1 is 0.903 bits per heavy atom. The second-order valence-electron chi connectivity index (χ2n) is 7.46. The van der Waals surface area contributed by atoms with Gasteiger partial charge in [-0.1, -0.05) is 18.2 Å². The summed E-state index contributed by atoms with van der Waals surface area (Å²) in [5.74, 6) is 0.436. The van der Waals surface area contributed by atoms with E-state index in [1.807, 2.05) is 12.1 Å². The summed E-state index contributed by atoms with van der Waals surface area (Å²) in [4.78, 5) is 27.1. The van der Waals surface area contributed by atoms with Gasteiger partial charge in [0.2, 0.25) is 5.91 Å². The summed E-state index contributed by atoms with van der Waals surface area (Å²) in [5, 5.41) is 5.77. The Hall–Kier alpha value is -3.80. The zero-order valence-electron chi connectivity index (χ0n) is 17.4. The number of para-hydroxylation sites is 1. The van der Waals surface area contributed by atoms with Crippen molar-refractivity contribution in [3.05, 3.63) is 83.9 Å². The Morgan fingerprint density at radius 3 is 2.32 bits per heavy atom. The van der Waals surface area contributed by atoms with Crippen molar-refractivity contribution in [2.75, 3.05) is 35.7 Å². The molecule has 0 spiro atoms. The highest BCUT2D eigenvalue weighted by Crippen LogP contribution is 2.26. The van der Waals surface area contributed by atoms with Crippen LogP contribution < -0.4 is 20.3 Å². The molecular formula is C25H25N3O3. The Bertz CT molecular complexity index is 1060. The maximum Gasteiger partial charge on any atom is 0.255 e. The number of hydrogen-bond donors (Lipinski definition) is 2. The molecule has 3 aromatic rings. The van der Waals surface area contributed by atoms with Crippen LogP contribution in [0.4, 0.5) is 17.1 Å². The third-order valence-electron chi connectivity index (χ3n) is 5.32. The molecule has 6 nitrogen and oxygen atoms in total. The Kier molecular flexibility index (Phi) is 6.17. The van der Waals surface area contributed by atoms with Crippen molar-refractivity contribution in [1.82, 2.24) is 0 Å². The molecule has 158 valence electrons. The lowest BCUT2D eigenvalue weighted by Gasteiger charge is -2.30. The van der Waals surface area contributed by atoms with Gasteiger partial charge in [0.1, 0.15) is 5.75 Å². The standard InChI is InChI=1S/C25H25N3O3/c1-31-22-14-12-21(13-15-22)27-25(30)19-8-10-20(11-9-19)26-24(29)17-28-16-4-6-18-5-2-3-7-23(18)28/h2-3,5,7-15H,4,6,16-17H2,1H3,(H,26,29)(H,27,30). The molecule has 0 aromatic heterocycles. The van der Waals surface area contributed by atoms with Gasteiger partial charge in [0.15, 0.2) is 0 Å². The van der Waals surface area contributed by atoms with Gasteiger partial charge in [0, 0.05) is 29.2 Å². The van der Waals surface area contributed by atoms with Crippen LogP contribution in [0.15, 0.2) is 72.8 Å². The average molecular weight is 415 g/mol. The van der Waals surface area contributed by atoms with Crippen LogP contribution in [0, 0.1) is 0 Å². The molecule has 0 radical (unpaired) electrons. The summed E-state index contributed by atoms with van der Waals surface area (Å²) in [6.07, 6.45) is 2.09.